The maximum absolute atomic E-state index is 6.02. The zero-order valence-corrected chi connectivity index (χ0v) is 17.8. The molecule has 166 valence electrons. The summed E-state index contributed by atoms with van der Waals surface area (Å²) < 4.78 is 28.4. The summed E-state index contributed by atoms with van der Waals surface area (Å²) in [7, 11) is 0. The normalized spacial score (nSPS) is 19.3. The van der Waals surface area contributed by atoms with Gasteiger partial charge in [0, 0.05) is 12.3 Å². The molecule has 0 spiro atoms. The molecule has 0 unspecified atom stereocenters. The van der Waals surface area contributed by atoms with Gasteiger partial charge >= 0.3 is 0 Å². The van der Waals surface area contributed by atoms with Crippen LogP contribution in [0.4, 0.5) is 11.4 Å². The maximum atomic E-state index is 6.02. The van der Waals surface area contributed by atoms with Crippen molar-refractivity contribution < 1.29 is 23.7 Å². The van der Waals surface area contributed by atoms with Gasteiger partial charge in [0.1, 0.15) is 5.75 Å². The second-order valence-corrected chi connectivity index (χ2v) is 7.38. The van der Waals surface area contributed by atoms with Gasteiger partial charge in [-0.3, -0.25) is 0 Å². The zero-order valence-electron chi connectivity index (χ0n) is 17.8. The van der Waals surface area contributed by atoms with Crippen LogP contribution in [0.25, 0.3) is 0 Å². The van der Waals surface area contributed by atoms with Gasteiger partial charge in [0.2, 0.25) is 0 Å². The lowest BCUT2D eigenvalue weighted by Crippen LogP contribution is -2.29. The zero-order chi connectivity index (χ0) is 20.7. The second kappa shape index (κ2) is 14.4. The van der Waals surface area contributed by atoms with Crippen molar-refractivity contribution in [3.05, 3.63) is 18.2 Å². The number of hydrogen-bond donors (Lipinski definition) is 2. The molecule has 1 aliphatic carbocycles. The average Bonchev–Trinajstić information content (AvgIpc) is 2.72. The minimum atomic E-state index is 0.181. The molecule has 2 rings (SSSR count). The van der Waals surface area contributed by atoms with Gasteiger partial charge in [-0.2, -0.15) is 0 Å². The van der Waals surface area contributed by atoms with Gasteiger partial charge in [-0.05, 0) is 50.3 Å². The molecule has 1 aliphatic rings. The Hall–Kier alpha value is -1.54. The molecule has 7 heteroatoms. The largest absolute Gasteiger partial charge is 0.488 e. The highest BCUT2D eigenvalue weighted by Gasteiger charge is 2.23. The molecule has 1 fully saturated rings. The third kappa shape index (κ3) is 10.2. The predicted molar refractivity (Wildman–Crippen MR) is 115 cm³/mol. The molecule has 1 aromatic carbocycles. The minimum Gasteiger partial charge on any atom is -0.488 e. The van der Waals surface area contributed by atoms with Crippen LogP contribution < -0.4 is 16.2 Å². The molecule has 4 N–H and O–H groups in total. The van der Waals surface area contributed by atoms with Gasteiger partial charge in [-0.1, -0.05) is 13.3 Å². The summed E-state index contributed by atoms with van der Waals surface area (Å²) in [5.41, 5.74) is 12.9. The lowest BCUT2D eigenvalue weighted by molar-refractivity contribution is -0.0360. The van der Waals surface area contributed by atoms with Gasteiger partial charge in [0.15, 0.2) is 0 Å². The number of benzene rings is 1. The van der Waals surface area contributed by atoms with Gasteiger partial charge < -0.3 is 35.2 Å². The van der Waals surface area contributed by atoms with E-state index in [2.05, 4.69) is 6.92 Å². The van der Waals surface area contributed by atoms with Crippen molar-refractivity contribution in [2.24, 2.45) is 0 Å². The third-order valence-corrected chi connectivity index (χ3v) is 4.92. The van der Waals surface area contributed by atoms with E-state index < -0.39 is 0 Å². The number of anilines is 2. The highest BCUT2D eigenvalue weighted by molar-refractivity contribution is 5.60. The molecule has 0 atom stereocenters. The van der Waals surface area contributed by atoms with Crippen LogP contribution in [0.3, 0.4) is 0 Å². The van der Waals surface area contributed by atoms with Crippen molar-refractivity contribution in [2.75, 3.05) is 57.7 Å². The van der Waals surface area contributed by atoms with Crippen LogP contribution in [0.15, 0.2) is 18.2 Å². The van der Waals surface area contributed by atoms with Crippen molar-refractivity contribution >= 4 is 11.4 Å². The van der Waals surface area contributed by atoms with E-state index >= 15 is 0 Å². The Morgan fingerprint density at radius 1 is 0.793 bits per heavy atom. The summed E-state index contributed by atoms with van der Waals surface area (Å²) in [4.78, 5) is 0. The summed E-state index contributed by atoms with van der Waals surface area (Å²) in [5, 5.41) is 0. The second-order valence-electron chi connectivity index (χ2n) is 7.38. The molecular weight excluding hydrogens is 372 g/mol. The molecular formula is C22H38N2O5. The molecule has 1 aromatic rings. The summed E-state index contributed by atoms with van der Waals surface area (Å²) >= 11 is 0. The summed E-state index contributed by atoms with van der Waals surface area (Å²) in [5.74, 6) is 0.715. The molecule has 0 bridgehead atoms. The lowest BCUT2D eigenvalue weighted by atomic mass is 9.95. The summed E-state index contributed by atoms with van der Waals surface area (Å²) in [6.07, 6.45) is 6.62. The van der Waals surface area contributed by atoms with E-state index in [4.69, 9.17) is 35.2 Å². The van der Waals surface area contributed by atoms with E-state index in [1.54, 1.807) is 6.07 Å². The van der Waals surface area contributed by atoms with Crippen molar-refractivity contribution in [1.29, 1.82) is 0 Å². The first-order valence-corrected chi connectivity index (χ1v) is 10.9. The van der Waals surface area contributed by atoms with Crippen LogP contribution in [0.1, 0.15) is 45.4 Å². The Bertz CT molecular complexity index is 550. The van der Waals surface area contributed by atoms with E-state index in [0.717, 1.165) is 45.1 Å². The van der Waals surface area contributed by atoms with Gasteiger partial charge in [-0.25, -0.2) is 0 Å². The molecule has 0 amide bonds. The Kier molecular flexibility index (Phi) is 11.8. The predicted octanol–water partition coefficient (Wildman–Crippen LogP) is 3.41. The van der Waals surface area contributed by atoms with Crippen molar-refractivity contribution in [1.82, 2.24) is 0 Å². The number of ether oxygens (including phenoxy) is 5. The molecule has 29 heavy (non-hydrogen) atoms. The van der Waals surface area contributed by atoms with Crippen LogP contribution in [-0.4, -0.2) is 58.5 Å². The molecule has 0 saturated heterocycles. The van der Waals surface area contributed by atoms with Crippen LogP contribution in [0.2, 0.25) is 0 Å². The van der Waals surface area contributed by atoms with Gasteiger partial charge in [-0.15, -0.1) is 0 Å². The highest BCUT2D eigenvalue weighted by atomic mass is 16.6. The molecule has 0 radical (unpaired) electrons. The number of unbranched alkanes of at least 4 members (excludes halogenated alkanes) is 1. The first-order valence-electron chi connectivity index (χ1n) is 10.9. The fraction of sp³-hybridized carbons (Fsp3) is 0.727. The fourth-order valence-corrected chi connectivity index (χ4v) is 3.23. The Labute approximate surface area is 175 Å². The minimum absolute atomic E-state index is 0.181. The van der Waals surface area contributed by atoms with Crippen LogP contribution >= 0.6 is 0 Å². The molecule has 0 heterocycles. The standard InChI is InChI=1S/C22H38N2O5/c1-2-3-10-25-11-12-26-13-14-27-15-16-28-19-5-7-20(8-6-19)29-22-9-4-18(23)17-21(22)24/h4,9,17,19-20H,2-3,5-8,10-16,23-24H2,1H3. The van der Waals surface area contributed by atoms with Gasteiger partial charge in [0.25, 0.3) is 0 Å². The lowest BCUT2D eigenvalue weighted by Gasteiger charge is -2.29. The fourth-order valence-electron chi connectivity index (χ4n) is 3.23. The maximum Gasteiger partial charge on any atom is 0.142 e. The van der Waals surface area contributed by atoms with Gasteiger partial charge in [0.05, 0.1) is 57.5 Å². The summed E-state index contributed by atoms with van der Waals surface area (Å²) in [6.45, 7) is 6.63. The topological polar surface area (TPSA) is 98.2 Å². The molecule has 0 aliphatic heterocycles. The average molecular weight is 411 g/mol. The Morgan fingerprint density at radius 3 is 2.00 bits per heavy atom. The van der Waals surface area contributed by atoms with Crippen molar-refractivity contribution in [3.63, 3.8) is 0 Å². The number of nitrogens with two attached hydrogens (primary N) is 2. The summed E-state index contributed by atoms with van der Waals surface area (Å²) in [6, 6.07) is 5.39. The smallest absolute Gasteiger partial charge is 0.142 e. The number of hydrogen-bond acceptors (Lipinski definition) is 7. The quantitative estimate of drug-likeness (QED) is 0.338. The molecule has 1 saturated carbocycles. The van der Waals surface area contributed by atoms with E-state index in [9.17, 15) is 0 Å². The SMILES string of the molecule is CCCCOCCOCCOCCOC1CCC(Oc2ccc(N)cc2N)CC1. The molecule has 0 aromatic heterocycles. The number of nitrogen functional groups attached to an aromatic ring is 2. The molecule has 7 nitrogen and oxygen atoms in total. The van der Waals surface area contributed by atoms with Crippen LogP contribution in [0, 0.1) is 0 Å². The van der Waals surface area contributed by atoms with E-state index in [1.807, 2.05) is 12.1 Å². The van der Waals surface area contributed by atoms with Crippen molar-refractivity contribution in [2.45, 2.75) is 57.7 Å². The van der Waals surface area contributed by atoms with E-state index in [-0.39, 0.29) is 12.2 Å². The Morgan fingerprint density at radius 2 is 1.38 bits per heavy atom. The van der Waals surface area contributed by atoms with Crippen LogP contribution in [0.5, 0.6) is 5.75 Å². The van der Waals surface area contributed by atoms with E-state index in [0.29, 0.717) is 56.8 Å². The first-order chi connectivity index (χ1) is 14.2. The van der Waals surface area contributed by atoms with Crippen LogP contribution in [-0.2, 0) is 18.9 Å². The first kappa shape index (κ1) is 23.7. The van der Waals surface area contributed by atoms with E-state index in [1.165, 1.54) is 0 Å². The third-order valence-electron chi connectivity index (χ3n) is 4.92. The number of rotatable bonds is 15. The Balaban J connectivity index is 1.42. The monoisotopic (exact) mass is 410 g/mol. The van der Waals surface area contributed by atoms with Crippen molar-refractivity contribution in [3.8, 4) is 5.75 Å². The highest BCUT2D eigenvalue weighted by Crippen LogP contribution is 2.29.